The second-order valence-corrected chi connectivity index (χ2v) is 3.23. The number of thioether (sulfide) groups is 1. The summed E-state index contributed by atoms with van der Waals surface area (Å²) in [5.74, 6) is -0.973. The maximum absolute atomic E-state index is 10.4. The van der Waals surface area contributed by atoms with Crippen molar-refractivity contribution in [3.05, 3.63) is 11.0 Å². The van der Waals surface area contributed by atoms with Crippen LogP contribution in [0.5, 0.6) is 0 Å². The van der Waals surface area contributed by atoms with Crippen LogP contribution in [0.1, 0.15) is 13.8 Å². The van der Waals surface area contributed by atoms with Gasteiger partial charge in [0.05, 0.1) is 16.2 Å². The van der Waals surface area contributed by atoms with Gasteiger partial charge in [-0.1, -0.05) is 6.08 Å². The summed E-state index contributed by atoms with van der Waals surface area (Å²) in [6, 6.07) is 1.94. The number of carboxylic acid groups (broad SMARTS) is 1. The first-order valence-corrected chi connectivity index (χ1v) is 3.95. The highest BCUT2D eigenvalue weighted by atomic mass is 32.2. The lowest BCUT2D eigenvalue weighted by molar-refractivity contribution is -0.131. The Morgan fingerprint density at radius 2 is 2.36 bits per heavy atom. The van der Waals surface area contributed by atoms with Gasteiger partial charge in [0.2, 0.25) is 0 Å². The van der Waals surface area contributed by atoms with E-state index in [2.05, 4.69) is 0 Å². The molecule has 0 aromatic rings. The molecule has 0 radical (unpaired) electrons. The average molecular weight is 171 g/mol. The number of aliphatic carboxylic acids is 1. The van der Waals surface area contributed by atoms with E-state index in [0.29, 0.717) is 0 Å². The highest BCUT2D eigenvalue weighted by molar-refractivity contribution is 8.04. The van der Waals surface area contributed by atoms with Crippen molar-refractivity contribution >= 4 is 17.7 Å². The molecule has 0 spiro atoms. The highest BCUT2D eigenvalue weighted by Crippen LogP contribution is 2.20. The van der Waals surface area contributed by atoms with Gasteiger partial charge in [-0.25, -0.2) is 4.79 Å². The zero-order valence-electron chi connectivity index (χ0n) is 6.37. The van der Waals surface area contributed by atoms with Crippen molar-refractivity contribution in [2.45, 2.75) is 19.1 Å². The van der Waals surface area contributed by atoms with Gasteiger partial charge in [0, 0.05) is 0 Å². The molecule has 0 aliphatic rings. The lowest BCUT2D eigenvalue weighted by Crippen LogP contribution is -2.00. The zero-order chi connectivity index (χ0) is 8.85. The third-order valence-corrected chi connectivity index (χ3v) is 2.08. The summed E-state index contributed by atoms with van der Waals surface area (Å²) < 4.78 is 0. The maximum Gasteiger partial charge on any atom is 0.341 e. The van der Waals surface area contributed by atoms with Gasteiger partial charge in [-0.15, -0.1) is 11.8 Å². The van der Waals surface area contributed by atoms with Gasteiger partial charge in [-0.2, -0.15) is 5.26 Å². The molecular formula is C7H9NO2S. The van der Waals surface area contributed by atoms with Gasteiger partial charge in [-0.05, 0) is 13.8 Å². The maximum atomic E-state index is 10.4. The number of nitriles is 1. The first kappa shape index (κ1) is 10.0. The fourth-order valence-electron chi connectivity index (χ4n) is 0.459. The summed E-state index contributed by atoms with van der Waals surface area (Å²) in [7, 11) is 0. The van der Waals surface area contributed by atoms with Crippen molar-refractivity contribution < 1.29 is 9.90 Å². The lowest BCUT2D eigenvalue weighted by Gasteiger charge is -2.00. The van der Waals surface area contributed by atoms with Crippen LogP contribution in [0.25, 0.3) is 0 Å². The van der Waals surface area contributed by atoms with E-state index in [0.717, 1.165) is 11.8 Å². The third-order valence-electron chi connectivity index (χ3n) is 0.959. The van der Waals surface area contributed by atoms with E-state index >= 15 is 0 Å². The number of rotatable bonds is 3. The standard InChI is InChI=1S/C7H9NO2S/c1-3-6(7(9)10)11-5(2)4-8/h3,5H,1-2H3,(H,9,10)/b6-3-. The molecule has 1 unspecified atom stereocenters. The highest BCUT2D eigenvalue weighted by Gasteiger charge is 2.10. The van der Waals surface area contributed by atoms with Crippen LogP contribution >= 0.6 is 11.8 Å². The van der Waals surface area contributed by atoms with Crippen molar-refractivity contribution in [3.8, 4) is 6.07 Å². The van der Waals surface area contributed by atoms with Crippen LogP contribution in [0, 0.1) is 11.3 Å². The van der Waals surface area contributed by atoms with Crippen LogP contribution in [0.3, 0.4) is 0 Å². The van der Waals surface area contributed by atoms with Gasteiger partial charge >= 0.3 is 5.97 Å². The smallest absolute Gasteiger partial charge is 0.341 e. The molecule has 0 aliphatic heterocycles. The van der Waals surface area contributed by atoms with Crippen LogP contribution in [0.4, 0.5) is 0 Å². The van der Waals surface area contributed by atoms with Crippen LogP contribution in [-0.4, -0.2) is 16.3 Å². The minimum absolute atomic E-state index is 0.221. The molecule has 0 aromatic carbocycles. The molecule has 0 bridgehead atoms. The lowest BCUT2D eigenvalue weighted by atomic mass is 10.5. The quantitative estimate of drug-likeness (QED) is 0.655. The Morgan fingerprint density at radius 3 is 2.64 bits per heavy atom. The normalized spacial score (nSPS) is 13.7. The van der Waals surface area contributed by atoms with Crippen LogP contribution < -0.4 is 0 Å². The summed E-state index contributed by atoms with van der Waals surface area (Å²) in [4.78, 5) is 10.6. The van der Waals surface area contributed by atoms with Gasteiger partial charge in [0.15, 0.2) is 0 Å². The number of hydrogen-bond acceptors (Lipinski definition) is 3. The molecule has 1 atom stereocenters. The Labute approximate surface area is 69.7 Å². The topological polar surface area (TPSA) is 61.1 Å². The van der Waals surface area contributed by atoms with Crippen LogP contribution in [0.15, 0.2) is 11.0 Å². The molecule has 0 amide bonds. The first-order valence-electron chi connectivity index (χ1n) is 3.07. The second kappa shape index (κ2) is 4.80. The van der Waals surface area contributed by atoms with E-state index in [1.807, 2.05) is 6.07 Å². The summed E-state index contributed by atoms with van der Waals surface area (Å²) in [6.07, 6.45) is 1.49. The molecule has 0 saturated carbocycles. The SMILES string of the molecule is C/C=C(\SC(C)C#N)C(=O)O. The molecule has 1 N–H and O–H groups in total. The summed E-state index contributed by atoms with van der Waals surface area (Å²) in [5, 5.41) is 16.6. The largest absolute Gasteiger partial charge is 0.477 e. The molecule has 0 aromatic heterocycles. The van der Waals surface area contributed by atoms with E-state index in [9.17, 15) is 4.79 Å². The summed E-state index contributed by atoms with van der Waals surface area (Å²) in [5.41, 5.74) is 0. The van der Waals surface area contributed by atoms with E-state index in [1.165, 1.54) is 6.08 Å². The predicted molar refractivity (Wildman–Crippen MR) is 44.1 cm³/mol. The molecule has 4 heteroatoms. The van der Waals surface area contributed by atoms with Crippen molar-refractivity contribution in [1.82, 2.24) is 0 Å². The van der Waals surface area contributed by atoms with E-state index in [-0.39, 0.29) is 10.2 Å². The molecule has 0 rings (SSSR count). The van der Waals surface area contributed by atoms with Crippen molar-refractivity contribution in [2.75, 3.05) is 0 Å². The van der Waals surface area contributed by atoms with Crippen LogP contribution in [-0.2, 0) is 4.79 Å². The van der Waals surface area contributed by atoms with Crippen LogP contribution in [0.2, 0.25) is 0 Å². The fourth-order valence-corrected chi connectivity index (χ4v) is 1.13. The first-order chi connectivity index (χ1) is 5.11. The number of nitrogens with zero attached hydrogens (tertiary/aromatic N) is 1. The molecule has 0 saturated heterocycles. The summed E-state index contributed by atoms with van der Waals surface area (Å²) in [6.45, 7) is 3.30. The minimum Gasteiger partial charge on any atom is -0.477 e. The predicted octanol–water partition coefficient (Wildman–Crippen LogP) is 1.62. The van der Waals surface area contributed by atoms with E-state index in [1.54, 1.807) is 13.8 Å². The Kier molecular flexibility index (Phi) is 4.39. The molecule has 60 valence electrons. The van der Waals surface area contributed by atoms with E-state index < -0.39 is 5.97 Å². The Hall–Kier alpha value is -0.950. The Morgan fingerprint density at radius 1 is 1.82 bits per heavy atom. The van der Waals surface area contributed by atoms with Gasteiger partial charge in [-0.3, -0.25) is 0 Å². The molecule has 0 heterocycles. The monoisotopic (exact) mass is 171 g/mol. The Balaban J connectivity index is 4.14. The van der Waals surface area contributed by atoms with Gasteiger partial charge in [0.1, 0.15) is 0 Å². The summed E-state index contributed by atoms with van der Waals surface area (Å²) >= 11 is 1.05. The molecule has 0 fully saturated rings. The Bertz CT molecular complexity index is 217. The number of allylic oxidation sites excluding steroid dienone is 1. The number of carbonyl (C=O) groups is 1. The van der Waals surface area contributed by atoms with E-state index in [4.69, 9.17) is 10.4 Å². The van der Waals surface area contributed by atoms with Gasteiger partial charge in [0.25, 0.3) is 0 Å². The molecule has 0 aliphatic carbocycles. The van der Waals surface area contributed by atoms with Gasteiger partial charge < -0.3 is 5.11 Å². The van der Waals surface area contributed by atoms with Crippen molar-refractivity contribution in [3.63, 3.8) is 0 Å². The molecular weight excluding hydrogens is 162 g/mol. The second-order valence-electron chi connectivity index (χ2n) is 1.85. The van der Waals surface area contributed by atoms with Crippen molar-refractivity contribution in [2.24, 2.45) is 0 Å². The minimum atomic E-state index is -0.973. The average Bonchev–Trinajstić information content (AvgIpc) is 1.99. The zero-order valence-corrected chi connectivity index (χ0v) is 7.18. The fraction of sp³-hybridized carbons (Fsp3) is 0.429. The molecule has 11 heavy (non-hydrogen) atoms. The molecule has 3 nitrogen and oxygen atoms in total. The third kappa shape index (κ3) is 3.68. The van der Waals surface area contributed by atoms with Crippen molar-refractivity contribution in [1.29, 1.82) is 5.26 Å². The number of carboxylic acids is 1. The number of hydrogen-bond donors (Lipinski definition) is 1.